The Morgan fingerprint density at radius 1 is 0.931 bits per heavy atom. The predicted molar refractivity (Wildman–Crippen MR) is 111 cm³/mol. The number of methoxy groups -OCH3 is 4. The third kappa shape index (κ3) is 4.82. The first-order valence-electron chi connectivity index (χ1n) is 9.79. The zero-order valence-electron chi connectivity index (χ0n) is 17.6. The van der Waals surface area contributed by atoms with Gasteiger partial charge < -0.3 is 18.9 Å². The van der Waals surface area contributed by atoms with Gasteiger partial charge in [-0.05, 0) is 49.7 Å². The van der Waals surface area contributed by atoms with Crippen molar-refractivity contribution in [3.05, 3.63) is 47.5 Å². The van der Waals surface area contributed by atoms with E-state index in [1.54, 1.807) is 46.6 Å². The molecule has 1 heterocycles. The number of benzene rings is 2. The van der Waals surface area contributed by atoms with E-state index >= 15 is 0 Å². The summed E-state index contributed by atoms with van der Waals surface area (Å²) >= 11 is 0. The van der Waals surface area contributed by atoms with Crippen molar-refractivity contribution in [1.82, 2.24) is 4.90 Å². The van der Waals surface area contributed by atoms with Crippen LogP contribution in [-0.4, -0.2) is 52.2 Å². The first kappa shape index (κ1) is 21.0. The van der Waals surface area contributed by atoms with Crippen LogP contribution in [0.5, 0.6) is 23.0 Å². The van der Waals surface area contributed by atoms with Crippen molar-refractivity contribution in [2.24, 2.45) is 5.92 Å². The predicted octanol–water partition coefficient (Wildman–Crippen LogP) is 3.82. The largest absolute Gasteiger partial charge is 0.497 e. The molecule has 29 heavy (non-hydrogen) atoms. The third-order valence-electron chi connectivity index (χ3n) is 5.43. The van der Waals surface area contributed by atoms with E-state index in [-0.39, 0.29) is 11.7 Å². The van der Waals surface area contributed by atoms with Crippen molar-refractivity contribution in [2.45, 2.75) is 19.4 Å². The fourth-order valence-electron chi connectivity index (χ4n) is 3.88. The summed E-state index contributed by atoms with van der Waals surface area (Å²) in [5.41, 5.74) is 1.67. The number of rotatable bonds is 8. The Kier molecular flexibility index (Phi) is 6.99. The van der Waals surface area contributed by atoms with Gasteiger partial charge in [0.15, 0.2) is 5.78 Å². The van der Waals surface area contributed by atoms with Crippen LogP contribution in [-0.2, 0) is 6.54 Å². The number of likely N-dealkylation sites (tertiary alicyclic amines) is 1. The van der Waals surface area contributed by atoms with Crippen LogP contribution >= 0.6 is 0 Å². The van der Waals surface area contributed by atoms with E-state index in [1.807, 2.05) is 18.2 Å². The van der Waals surface area contributed by atoms with Gasteiger partial charge in [-0.3, -0.25) is 9.69 Å². The highest BCUT2D eigenvalue weighted by Crippen LogP contribution is 2.31. The Morgan fingerprint density at radius 3 is 2.31 bits per heavy atom. The van der Waals surface area contributed by atoms with Gasteiger partial charge in [0.1, 0.15) is 23.0 Å². The van der Waals surface area contributed by atoms with E-state index in [0.717, 1.165) is 36.4 Å². The van der Waals surface area contributed by atoms with Gasteiger partial charge in [-0.2, -0.15) is 0 Å². The summed E-state index contributed by atoms with van der Waals surface area (Å²) in [5, 5.41) is 0. The minimum absolute atomic E-state index is 0.0670. The summed E-state index contributed by atoms with van der Waals surface area (Å²) in [6.07, 6.45) is 1.85. The van der Waals surface area contributed by atoms with Gasteiger partial charge in [0.05, 0.1) is 34.0 Å². The van der Waals surface area contributed by atoms with Gasteiger partial charge in [-0.15, -0.1) is 0 Å². The first-order chi connectivity index (χ1) is 14.1. The summed E-state index contributed by atoms with van der Waals surface area (Å²) in [6.45, 7) is 2.36. The van der Waals surface area contributed by atoms with Crippen molar-refractivity contribution in [3.63, 3.8) is 0 Å². The molecule has 3 rings (SSSR count). The van der Waals surface area contributed by atoms with Crippen molar-refractivity contribution in [2.75, 3.05) is 41.5 Å². The topological polar surface area (TPSA) is 57.2 Å². The SMILES string of the molecule is COc1ccc(OC)c(CN2CCCC(C(=O)c3ccc(OC)cc3OC)C2)c1. The quantitative estimate of drug-likeness (QED) is 0.629. The van der Waals surface area contributed by atoms with Gasteiger partial charge in [-0.25, -0.2) is 0 Å². The van der Waals surface area contributed by atoms with Crippen molar-refractivity contribution in [3.8, 4) is 23.0 Å². The molecule has 1 saturated heterocycles. The monoisotopic (exact) mass is 399 g/mol. The van der Waals surface area contributed by atoms with Crippen LogP contribution < -0.4 is 18.9 Å². The molecule has 1 unspecified atom stereocenters. The molecule has 1 aliphatic heterocycles. The summed E-state index contributed by atoms with van der Waals surface area (Å²) < 4.78 is 21.5. The zero-order chi connectivity index (χ0) is 20.8. The molecule has 156 valence electrons. The zero-order valence-corrected chi connectivity index (χ0v) is 17.6. The van der Waals surface area contributed by atoms with E-state index in [2.05, 4.69) is 4.90 Å². The average molecular weight is 399 g/mol. The van der Waals surface area contributed by atoms with Crippen LogP contribution in [0.4, 0.5) is 0 Å². The summed E-state index contributed by atoms with van der Waals surface area (Å²) in [4.78, 5) is 15.5. The van der Waals surface area contributed by atoms with Gasteiger partial charge in [0, 0.05) is 30.6 Å². The molecule has 0 spiro atoms. The standard InChI is InChI=1S/C23H29NO5/c1-26-18-8-10-21(28-3)17(12-18)15-24-11-5-6-16(14-24)23(25)20-9-7-19(27-2)13-22(20)29-4/h7-10,12-13,16H,5-6,11,14-15H2,1-4H3. The van der Waals surface area contributed by atoms with Crippen molar-refractivity contribution in [1.29, 1.82) is 0 Å². The summed E-state index contributed by atoms with van der Waals surface area (Å²) in [7, 11) is 6.50. The van der Waals surface area contributed by atoms with Crippen LogP contribution in [0.3, 0.4) is 0 Å². The average Bonchev–Trinajstić information content (AvgIpc) is 2.78. The molecule has 0 aliphatic carbocycles. The van der Waals surface area contributed by atoms with Crippen LogP contribution in [0.1, 0.15) is 28.8 Å². The van der Waals surface area contributed by atoms with E-state index in [9.17, 15) is 4.79 Å². The second-order valence-corrected chi connectivity index (χ2v) is 7.18. The Morgan fingerprint density at radius 2 is 1.62 bits per heavy atom. The number of carbonyl (C=O) groups excluding carboxylic acids is 1. The molecule has 6 heteroatoms. The molecule has 2 aromatic rings. The second-order valence-electron chi connectivity index (χ2n) is 7.18. The molecular formula is C23H29NO5. The molecule has 2 aromatic carbocycles. The number of nitrogens with zero attached hydrogens (tertiary/aromatic N) is 1. The molecular weight excluding hydrogens is 370 g/mol. The Bertz CT molecular complexity index is 851. The molecule has 1 fully saturated rings. The van der Waals surface area contributed by atoms with Gasteiger partial charge in [0.25, 0.3) is 0 Å². The normalized spacial score (nSPS) is 16.9. The molecule has 0 amide bonds. The summed E-state index contributed by atoms with van der Waals surface area (Å²) in [5.74, 6) is 2.91. The molecule has 0 N–H and O–H groups in total. The Labute approximate surface area is 172 Å². The van der Waals surface area contributed by atoms with E-state index in [1.165, 1.54) is 0 Å². The van der Waals surface area contributed by atoms with Gasteiger partial charge in [0.2, 0.25) is 0 Å². The summed E-state index contributed by atoms with van der Waals surface area (Å²) in [6, 6.07) is 11.2. The first-order valence-corrected chi connectivity index (χ1v) is 9.79. The van der Waals surface area contributed by atoms with Gasteiger partial charge in [-0.1, -0.05) is 0 Å². The van der Waals surface area contributed by atoms with E-state index in [0.29, 0.717) is 30.2 Å². The van der Waals surface area contributed by atoms with E-state index < -0.39 is 0 Å². The molecule has 0 aromatic heterocycles. The number of hydrogen-bond donors (Lipinski definition) is 0. The Hall–Kier alpha value is -2.73. The molecule has 1 aliphatic rings. The van der Waals surface area contributed by atoms with Crippen LogP contribution in [0, 0.1) is 5.92 Å². The van der Waals surface area contributed by atoms with Gasteiger partial charge >= 0.3 is 0 Å². The third-order valence-corrected chi connectivity index (χ3v) is 5.43. The number of ketones is 1. The van der Waals surface area contributed by atoms with Crippen LogP contribution in [0.2, 0.25) is 0 Å². The molecule has 0 bridgehead atoms. The maximum Gasteiger partial charge on any atom is 0.170 e. The lowest BCUT2D eigenvalue weighted by Gasteiger charge is -2.32. The maximum atomic E-state index is 13.2. The number of ether oxygens (including phenoxy) is 4. The fourth-order valence-corrected chi connectivity index (χ4v) is 3.88. The molecule has 1 atom stereocenters. The fraction of sp³-hybridized carbons (Fsp3) is 0.435. The smallest absolute Gasteiger partial charge is 0.170 e. The lowest BCUT2D eigenvalue weighted by molar-refractivity contribution is 0.0807. The number of Topliss-reactive ketones (excluding diaryl/α,β-unsaturated/α-hetero) is 1. The van der Waals surface area contributed by atoms with Crippen LogP contribution in [0.15, 0.2) is 36.4 Å². The number of piperidine rings is 1. The molecule has 0 saturated carbocycles. The molecule has 0 radical (unpaired) electrons. The lowest BCUT2D eigenvalue weighted by Crippen LogP contribution is -2.38. The maximum absolute atomic E-state index is 13.2. The highest BCUT2D eigenvalue weighted by Gasteiger charge is 2.29. The number of carbonyl (C=O) groups is 1. The second kappa shape index (κ2) is 9.65. The minimum atomic E-state index is -0.0670. The number of hydrogen-bond acceptors (Lipinski definition) is 6. The minimum Gasteiger partial charge on any atom is -0.497 e. The Balaban J connectivity index is 1.75. The van der Waals surface area contributed by atoms with Crippen molar-refractivity contribution >= 4 is 5.78 Å². The van der Waals surface area contributed by atoms with E-state index in [4.69, 9.17) is 18.9 Å². The van der Waals surface area contributed by atoms with Crippen LogP contribution in [0.25, 0.3) is 0 Å². The lowest BCUT2D eigenvalue weighted by atomic mass is 9.89. The highest BCUT2D eigenvalue weighted by molar-refractivity contribution is 6.00. The highest BCUT2D eigenvalue weighted by atomic mass is 16.5. The van der Waals surface area contributed by atoms with Crippen molar-refractivity contribution < 1.29 is 23.7 Å². The molecule has 6 nitrogen and oxygen atoms in total.